The van der Waals surface area contributed by atoms with Crippen molar-refractivity contribution in [3.8, 4) is 0 Å². The summed E-state index contributed by atoms with van der Waals surface area (Å²) in [6.07, 6.45) is 1.76. The highest BCUT2D eigenvalue weighted by molar-refractivity contribution is 9.10. The van der Waals surface area contributed by atoms with Gasteiger partial charge in [-0.2, -0.15) is 0 Å². The molecule has 0 aliphatic carbocycles. The maximum absolute atomic E-state index is 11.8. The first-order chi connectivity index (χ1) is 12.1. The summed E-state index contributed by atoms with van der Waals surface area (Å²) in [4.78, 5) is 23.5. The number of benzene rings is 2. The van der Waals surface area contributed by atoms with E-state index >= 15 is 0 Å². The molecule has 25 heavy (non-hydrogen) atoms. The van der Waals surface area contributed by atoms with E-state index < -0.39 is 0 Å². The number of halogens is 1. The Morgan fingerprint density at radius 3 is 2.36 bits per heavy atom. The Morgan fingerprint density at radius 2 is 1.64 bits per heavy atom. The molecular weight excluding hydrogens is 384 g/mol. The molecule has 2 rings (SSSR count). The number of hydrogen-bond acceptors (Lipinski definition) is 3. The second-order valence-electron chi connectivity index (χ2n) is 5.46. The fourth-order valence-corrected chi connectivity index (χ4v) is 2.40. The van der Waals surface area contributed by atoms with Crippen molar-refractivity contribution in [2.45, 2.75) is 19.3 Å². The zero-order valence-corrected chi connectivity index (χ0v) is 15.4. The molecule has 2 aromatic carbocycles. The number of amides is 2. The minimum absolute atomic E-state index is 0.239. The molecule has 0 aromatic heterocycles. The molecule has 0 fully saturated rings. The SMILES string of the molecule is O=C(CCCOCCc1ccccc1)NNC(=O)c1ccc(Br)cc1. The number of hydrogen-bond donors (Lipinski definition) is 2. The van der Waals surface area contributed by atoms with Crippen LogP contribution in [0.5, 0.6) is 0 Å². The molecule has 0 unspecified atom stereocenters. The summed E-state index contributed by atoms with van der Waals surface area (Å²) >= 11 is 3.30. The van der Waals surface area contributed by atoms with Gasteiger partial charge in [0, 0.05) is 23.1 Å². The first-order valence-corrected chi connectivity index (χ1v) is 8.91. The van der Waals surface area contributed by atoms with Gasteiger partial charge in [0.2, 0.25) is 5.91 Å². The van der Waals surface area contributed by atoms with Crippen LogP contribution in [-0.4, -0.2) is 25.0 Å². The maximum atomic E-state index is 11.8. The highest BCUT2D eigenvalue weighted by Crippen LogP contribution is 2.10. The second kappa shape index (κ2) is 10.6. The molecular formula is C19H21BrN2O3. The summed E-state index contributed by atoms with van der Waals surface area (Å²) in [6, 6.07) is 17.0. The van der Waals surface area contributed by atoms with E-state index in [1.54, 1.807) is 24.3 Å². The normalized spacial score (nSPS) is 10.3. The standard InChI is InChI=1S/C19H21BrN2O3/c20-17-10-8-16(9-11-17)19(24)22-21-18(23)7-4-13-25-14-12-15-5-2-1-3-6-15/h1-3,5-6,8-11H,4,7,12-14H2,(H,21,23)(H,22,24). The Balaban J connectivity index is 1.53. The number of ether oxygens (including phenoxy) is 1. The van der Waals surface area contributed by atoms with Gasteiger partial charge in [0.05, 0.1) is 6.61 Å². The van der Waals surface area contributed by atoms with E-state index in [2.05, 4.69) is 38.9 Å². The van der Waals surface area contributed by atoms with Gasteiger partial charge in [-0.3, -0.25) is 20.4 Å². The molecule has 0 aliphatic heterocycles. The molecule has 6 heteroatoms. The van der Waals surface area contributed by atoms with Gasteiger partial charge in [0.1, 0.15) is 0 Å². The van der Waals surface area contributed by atoms with Crippen LogP contribution in [0.1, 0.15) is 28.8 Å². The van der Waals surface area contributed by atoms with Crippen LogP contribution >= 0.6 is 15.9 Å². The van der Waals surface area contributed by atoms with Gasteiger partial charge in [-0.05, 0) is 42.7 Å². The van der Waals surface area contributed by atoms with Gasteiger partial charge in [-0.25, -0.2) is 0 Å². The fourth-order valence-electron chi connectivity index (χ4n) is 2.13. The average Bonchev–Trinajstić information content (AvgIpc) is 2.64. The maximum Gasteiger partial charge on any atom is 0.269 e. The summed E-state index contributed by atoms with van der Waals surface area (Å²) in [6.45, 7) is 1.15. The summed E-state index contributed by atoms with van der Waals surface area (Å²) in [5.41, 5.74) is 6.52. The molecule has 0 bridgehead atoms. The van der Waals surface area contributed by atoms with E-state index in [0.717, 1.165) is 10.9 Å². The Hall–Kier alpha value is -2.18. The van der Waals surface area contributed by atoms with Crippen LogP contribution in [0.15, 0.2) is 59.1 Å². The molecule has 5 nitrogen and oxygen atoms in total. The van der Waals surface area contributed by atoms with Crippen LogP contribution in [0.3, 0.4) is 0 Å². The van der Waals surface area contributed by atoms with E-state index in [1.807, 2.05) is 18.2 Å². The summed E-state index contributed by atoms with van der Waals surface area (Å²) < 4.78 is 6.41. The molecule has 0 radical (unpaired) electrons. The third-order valence-corrected chi connectivity index (χ3v) is 4.02. The lowest BCUT2D eigenvalue weighted by Gasteiger charge is -2.08. The van der Waals surface area contributed by atoms with Crippen molar-refractivity contribution in [2.75, 3.05) is 13.2 Å². The van der Waals surface area contributed by atoms with Crippen molar-refractivity contribution >= 4 is 27.7 Å². The lowest BCUT2D eigenvalue weighted by atomic mass is 10.2. The lowest BCUT2D eigenvalue weighted by Crippen LogP contribution is -2.41. The van der Waals surface area contributed by atoms with Crippen LogP contribution in [0.25, 0.3) is 0 Å². The van der Waals surface area contributed by atoms with E-state index in [9.17, 15) is 9.59 Å². The zero-order chi connectivity index (χ0) is 17.9. The van der Waals surface area contributed by atoms with Crippen LogP contribution in [0.2, 0.25) is 0 Å². The zero-order valence-electron chi connectivity index (χ0n) is 13.8. The smallest absolute Gasteiger partial charge is 0.269 e. The molecule has 2 aromatic rings. The molecule has 0 saturated carbocycles. The largest absolute Gasteiger partial charge is 0.381 e. The van der Waals surface area contributed by atoms with E-state index in [0.29, 0.717) is 31.6 Å². The molecule has 0 atom stereocenters. The number of rotatable bonds is 8. The topological polar surface area (TPSA) is 67.4 Å². The average molecular weight is 405 g/mol. The number of hydrazine groups is 1. The Labute approximate surface area is 155 Å². The Bertz CT molecular complexity index is 675. The van der Waals surface area contributed by atoms with Gasteiger partial charge < -0.3 is 4.74 Å². The van der Waals surface area contributed by atoms with Crippen molar-refractivity contribution < 1.29 is 14.3 Å². The van der Waals surface area contributed by atoms with Crippen molar-refractivity contribution in [2.24, 2.45) is 0 Å². The minimum Gasteiger partial charge on any atom is -0.381 e. The monoisotopic (exact) mass is 404 g/mol. The van der Waals surface area contributed by atoms with Crippen molar-refractivity contribution in [3.05, 3.63) is 70.2 Å². The summed E-state index contributed by atoms with van der Waals surface area (Å²) in [7, 11) is 0. The van der Waals surface area contributed by atoms with E-state index in [-0.39, 0.29) is 11.8 Å². The summed E-state index contributed by atoms with van der Waals surface area (Å²) in [5.74, 6) is -0.586. The predicted molar refractivity (Wildman–Crippen MR) is 99.9 cm³/mol. The van der Waals surface area contributed by atoms with Crippen molar-refractivity contribution in [1.82, 2.24) is 10.9 Å². The first kappa shape index (κ1) is 19.1. The summed E-state index contributed by atoms with van der Waals surface area (Å²) in [5, 5.41) is 0. The highest BCUT2D eigenvalue weighted by Gasteiger charge is 2.07. The van der Waals surface area contributed by atoms with E-state index in [4.69, 9.17) is 4.74 Å². The number of carbonyl (C=O) groups excluding carboxylic acids is 2. The minimum atomic E-state index is -0.347. The van der Waals surface area contributed by atoms with E-state index in [1.165, 1.54) is 5.56 Å². The molecule has 132 valence electrons. The molecule has 0 heterocycles. The van der Waals surface area contributed by atoms with Gasteiger partial charge in [0.15, 0.2) is 0 Å². The lowest BCUT2D eigenvalue weighted by molar-refractivity contribution is -0.122. The van der Waals surface area contributed by atoms with Crippen LogP contribution in [0, 0.1) is 0 Å². The molecule has 2 N–H and O–H groups in total. The fraction of sp³-hybridized carbons (Fsp3) is 0.263. The van der Waals surface area contributed by atoms with Crippen molar-refractivity contribution in [3.63, 3.8) is 0 Å². The quantitative estimate of drug-likeness (QED) is 0.524. The first-order valence-electron chi connectivity index (χ1n) is 8.11. The van der Waals surface area contributed by atoms with Gasteiger partial charge in [-0.1, -0.05) is 46.3 Å². The number of carbonyl (C=O) groups is 2. The predicted octanol–water partition coefficient (Wildman–Crippen LogP) is 3.25. The Morgan fingerprint density at radius 1 is 0.920 bits per heavy atom. The Kier molecular flexibility index (Phi) is 8.15. The molecule has 2 amide bonds. The highest BCUT2D eigenvalue weighted by atomic mass is 79.9. The molecule has 0 spiro atoms. The van der Waals surface area contributed by atoms with Gasteiger partial charge in [-0.15, -0.1) is 0 Å². The van der Waals surface area contributed by atoms with Gasteiger partial charge in [0.25, 0.3) is 5.91 Å². The number of nitrogens with one attached hydrogen (secondary N) is 2. The van der Waals surface area contributed by atoms with Crippen LogP contribution in [0.4, 0.5) is 0 Å². The van der Waals surface area contributed by atoms with Crippen LogP contribution < -0.4 is 10.9 Å². The second-order valence-corrected chi connectivity index (χ2v) is 6.38. The van der Waals surface area contributed by atoms with Crippen LogP contribution in [-0.2, 0) is 16.0 Å². The van der Waals surface area contributed by atoms with Gasteiger partial charge >= 0.3 is 0 Å². The third kappa shape index (κ3) is 7.49. The molecule has 0 aliphatic rings. The molecule has 0 saturated heterocycles. The van der Waals surface area contributed by atoms with Crippen molar-refractivity contribution in [1.29, 1.82) is 0 Å². The third-order valence-electron chi connectivity index (χ3n) is 3.49.